The summed E-state index contributed by atoms with van der Waals surface area (Å²) in [6.07, 6.45) is 0.412. The zero-order valence-electron chi connectivity index (χ0n) is 15.2. The number of hydrogen-bond donors (Lipinski definition) is 1. The Morgan fingerprint density at radius 1 is 1.20 bits per heavy atom. The molecule has 25 heavy (non-hydrogen) atoms. The van der Waals surface area contributed by atoms with Crippen molar-refractivity contribution < 1.29 is 23.8 Å². The molecule has 2 aromatic rings. The molecule has 0 spiro atoms. The Kier molecular flexibility index (Phi) is 5.51. The second-order valence-corrected chi connectivity index (χ2v) is 6.03. The summed E-state index contributed by atoms with van der Waals surface area (Å²) in [5.74, 6) is -0.265. The zero-order chi connectivity index (χ0) is 18.7. The van der Waals surface area contributed by atoms with E-state index in [0.29, 0.717) is 18.7 Å². The highest BCUT2D eigenvalue weighted by Gasteiger charge is 2.22. The normalized spacial score (nSPS) is 10.6. The van der Waals surface area contributed by atoms with E-state index in [9.17, 15) is 14.7 Å². The van der Waals surface area contributed by atoms with Crippen LogP contribution < -0.4 is 4.74 Å². The average Bonchev–Trinajstić information content (AvgIpc) is 2.98. The van der Waals surface area contributed by atoms with Crippen molar-refractivity contribution >= 4 is 11.9 Å². The molecule has 1 aromatic carbocycles. The lowest BCUT2D eigenvalue weighted by Gasteiger charge is -2.18. The van der Waals surface area contributed by atoms with Crippen LogP contribution in [-0.2, 0) is 13.0 Å². The summed E-state index contributed by atoms with van der Waals surface area (Å²) in [6, 6.07) is 5.24. The molecule has 0 aliphatic rings. The smallest absolute Gasteiger partial charge is 0.339 e. The van der Waals surface area contributed by atoms with Crippen molar-refractivity contribution in [1.82, 2.24) is 4.90 Å². The van der Waals surface area contributed by atoms with E-state index in [0.717, 1.165) is 22.4 Å². The van der Waals surface area contributed by atoms with Gasteiger partial charge >= 0.3 is 5.97 Å². The lowest BCUT2D eigenvalue weighted by molar-refractivity contribution is 0.0693. The molecule has 0 fully saturated rings. The number of rotatable bonds is 6. The minimum atomic E-state index is -1.09. The van der Waals surface area contributed by atoms with Gasteiger partial charge in [0.2, 0.25) is 0 Å². The van der Waals surface area contributed by atoms with Crippen LogP contribution in [0.25, 0.3) is 0 Å². The summed E-state index contributed by atoms with van der Waals surface area (Å²) in [6.45, 7) is 6.08. The number of ether oxygens (including phenoxy) is 1. The van der Waals surface area contributed by atoms with Gasteiger partial charge in [0.1, 0.15) is 17.1 Å². The zero-order valence-corrected chi connectivity index (χ0v) is 15.2. The molecule has 0 saturated carbocycles. The van der Waals surface area contributed by atoms with Gasteiger partial charge in [-0.15, -0.1) is 0 Å². The summed E-state index contributed by atoms with van der Waals surface area (Å²) in [5.41, 5.74) is 3.00. The Morgan fingerprint density at radius 3 is 2.24 bits per heavy atom. The topological polar surface area (TPSA) is 80.0 Å². The van der Waals surface area contributed by atoms with Gasteiger partial charge in [-0.05, 0) is 30.5 Å². The largest absolute Gasteiger partial charge is 0.496 e. The van der Waals surface area contributed by atoms with Crippen molar-refractivity contribution in [1.29, 1.82) is 0 Å². The van der Waals surface area contributed by atoms with E-state index in [1.807, 2.05) is 26.0 Å². The van der Waals surface area contributed by atoms with Crippen molar-refractivity contribution in [2.45, 2.75) is 33.7 Å². The molecule has 1 N–H and O–H groups in total. The summed E-state index contributed by atoms with van der Waals surface area (Å²) in [7, 11) is 3.29. The van der Waals surface area contributed by atoms with Crippen molar-refractivity contribution in [3.8, 4) is 5.75 Å². The predicted octanol–water partition coefficient (Wildman–Crippen LogP) is 3.44. The molecular weight excluding hydrogens is 322 g/mol. The summed E-state index contributed by atoms with van der Waals surface area (Å²) < 4.78 is 10.8. The number of carbonyl (C=O) groups is 2. The van der Waals surface area contributed by atoms with Gasteiger partial charge in [-0.2, -0.15) is 0 Å². The van der Waals surface area contributed by atoms with E-state index in [2.05, 4.69) is 0 Å². The maximum atomic E-state index is 12.6. The van der Waals surface area contributed by atoms with E-state index < -0.39 is 5.97 Å². The van der Waals surface area contributed by atoms with Crippen LogP contribution in [0.15, 0.2) is 22.6 Å². The number of carboxylic acids is 1. The first-order valence-corrected chi connectivity index (χ1v) is 8.04. The Bertz CT molecular complexity index is 783. The number of amides is 1. The molecule has 134 valence electrons. The Hall–Kier alpha value is -2.76. The van der Waals surface area contributed by atoms with Crippen LogP contribution in [-0.4, -0.2) is 36.0 Å². The number of hydrogen-bond acceptors (Lipinski definition) is 4. The number of furan rings is 1. The molecule has 0 bridgehead atoms. The van der Waals surface area contributed by atoms with Gasteiger partial charge in [-0.3, -0.25) is 4.79 Å². The predicted molar refractivity (Wildman–Crippen MR) is 93.3 cm³/mol. The van der Waals surface area contributed by atoms with Crippen molar-refractivity contribution in [3.63, 3.8) is 0 Å². The third-order valence-electron chi connectivity index (χ3n) is 4.06. The Balaban J connectivity index is 2.22. The van der Waals surface area contributed by atoms with Gasteiger partial charge in [-0.25, -0.2) is 4.79 Å². The average molecular weight is 345 g/mol. The number of benzene rings is 1. The maximum Gasteiger partial charge on any atom is 0.339 e. The Labute approximate surface area is 147 Å². The van der Waals surface area contributed by atoms with E-state index in [1.165, 1.54) is 11.0 Å². The van der Waals surface area contributed by atoms with Gasteiger partial charge in [0.05, 0.1) is 7.11 Å². The van der Waals surface area contributed by atoms with Crippen LogP contribution in [0, 0.1) is 13.8 Å². The van der Waals surface area contributed by atoms with Crippen molar-refractivity contribution in [2.75, 3.05) is 14.2 Å². The molecule has 0 aliphatic carbocycles. The van der Waals surface area contributed by atoms with Crippen LogP contribution in [0.5, 0.6) is 5.75 Å². The molecule has 1 aromatic heterocycles. The van der Waals surface area contributed by atoms with E-state index in [1.54, 1.807) is 21.1 Å². The lowest BCUT2D eigenvalue weighted by Crippen LogP contribution is -2.26. The molecule has 0 radical (unpaired) electrons. The number of carboxylic acid groups (broad SMARTS) is 1. The fourth-order valence-corrected chi connectivity index (χ4v) is 2.96. The van der Waals surface area contributed by atoms with Crippen LogP contribution in [0.2, 0.25) is 0 Å². The van der Waals surface area contributed by atoms with Crippen LogP contribution >= 0.6 is 0 Å². The van der Waals surface area contributed by atoms with E-state index in [4.69, 9.17) is 9.15 Å². The molecule has 1 heterocycles. The molecule has 2 rings (SSSR count). The number of nitrogens with zero attached hydrogens (tertiary/aromatic N) is 1. The summed E-state index contributed by atoms with van der Waals surface area (Å²) >= 11 is 0. The number of methoxy groups -OCH3 is 1. The third kappa shape index (κ3) is 3.84. The molecule has 0 atom stereocenters. The second-order valence-electron chi connectivity index (χ2n) is 6.03. The molecule has 0 aliphatic heterocycles. The van der Waals surface area contributed by atoms with E-state index in [-0.39, 0.29) is 17.2 Å². The molecule has 6 heteroatoms. The van der Waals surface area contributed by atoms with E-state index >= 15 is 0 Å². The molecule has 1 amide bonds. The Morgan fingerprint density at radius 2 is 1.80 bits per heavy atom. The van der Waals surface area contributed by atoms with Gasteiger partial charge in [0, 0.05) is 26.1 Å². The van der Waals surface area contributed by atoms with Gasteiger partial charge in [0.25, 0.3) is 5.91 Å². The number of aryl methyl sites for hydroxylation is 3. The maximum absolute atomic E-state index is 12.6. The monoisotopic (exact) mass is 345 g/mol. The summed E-state index contributed by atoms with van der Waals surface area (Å²) in [5, 5.41) is 9.18. The highest BCUT2D eigenvalue weighted by atomic mass is 16.5. The minimum absolute atomic E-state index is 0.0374. The van der Waals surface area contributed by atoms with Crippen LogP contribution in [0.4, 0.5) is 0 Å². The highest BCUT2D eigenvalue weighted by Crippen LogP contribution is 2.25. The number of carbonyl (C=O) groups excluding carboxylic acids is 1. The van der Waals surface area contributed by atoms with Crippen LogP contribution in [0.1, 0.15) is 50.3 Å². The SMILES string of the molecule is CCc1oc(C(=O)N(C)Cc2cc(C)c(OC)c(C)c2)cc1C(=O)O. The first kappa shape index (κ1) is 18.6. The first-order valence-electron chi connectivity index (χ1n) is 8.04. The van der Waals surface area contributed by atoms with Gasteiger partial charge in [0.15, 0.2) is 5.76 Å². The quantitative estimate of drug-likeness (QED) is 0.867. The molecular formula is C19H23NO5. The first-order chi connectivity index (χ1) is 11.8. The number of aromatic carboxylic acids is 1. The molecule has 0 unspecified atom stereocenters. The minimum Gasteiger partial charge on any atom is -0.496 e. The third-order valence-corrected chi connectivity index (χ3v) is 4.06. The van der Waals surface area contributed by atoms with Crippen molar-refractivity contribution in [3.05, 3.63) is 52.0 Å². The standard InChI is InChI=1S/C19H23NO5/c1-6-15-14(19(22)23)9-16(25-15)18(21)20(4)10-13-7-11(2)17(24-5)12(3)8-13/h7-9H,6,10H2,1-5H3,(H,22,23). The lowest BCUT2D eigenvalue weighted by atomic mass is 10.1. The summed E-state index contributed by atoms with van der Waals surface area (Å²) in [4.78, 5) is 25.3. The fraction of sp³-hybridized carbons (Fsp3) is 0.368. The fourth-order valence-electron chi connectivity index (χ4n) is 2.96. The highest BCUT2D eigenvalue weighted by molar-refractivity contribution is 5.96. The van der Waals surface area contributed by atoms with Crippen molar-refractivity contribution in [2.24, 2.45) is 0 Å². The second kappa shape index (κ2) is 7.42. The molecule has 0 saturated heterocycles. The van der Waals surface area contributed by atoms with Gasteiger partial charge < -0.3 is 19.2 Å². The van der Waals surface area contributed by atoms with Gasteiger partial charge in [-0.1, -0.05) is 19.1 Å². The molecule has 6 nitrogen and oxygen atoms in total. The van der Waals surface area contributed by atoms with Crippen LogP contribution in [0.3, 0.4) is 0 Å².